The van der Waals surface area contributed by atoms with E-state index in [2.05, 4.69) is 20.6 Å². The van der Waals surface area contributed by atoms with E-state index in [0.717, 1.165) is 28.9 Å². The number of nitrogens with one attached hydrogen (secondary N) is 2. The van der Waals surface area contributed by atoms with Gasteiger partial charge in [0.15, 0.2) is 11.7 Å². The highest BCUT2D eigenvalue weighted by Crippen LogP contribution is 2.30. The quantitative estimate of drug-likeness (QED) is 0.239. The number of thiazole rings is 1. The number of alkyl halides is 3. The number of halogens is 4. The third-order valence-corrected chi connectivity index (χ3v) is 4.02. The molecule has 5 nitrogen and oxygen atoms in total. The summed E-state index contributed by atoms with van der Waals surface area (Å²) in [6.45, 7) is 3.84. The molecule has 10 heteroatoms. The molecule has 0 atom stereocenters. The number of para-hydroxylation sites is 1. The molecule has 0 fully saturated rings. The molecular weight excluding hydrogens is 492 g/mol. The van der Waals surface area contributed by atoms with Crippen molar-refractivity contribution < 1.29 is 17.9 Å². The van der Waals surface area contributed by atoms with Crippen molar-refractivity contribution in [2.24, 2.45) is 4.99 Å². The maximum atomic E-state index is 12.6. The highest BCUT2D eigenvalue weighted by molar-refractivity contribution is 14.0. The molecule has 1 aromatic heterocycles. The third kappa shape index (κ3) is 8.78. The molecule has 27 heavy (non-hydrogen) atoms. The number of benzene rings is 1. The monoisotopic (exact) mass is 514 g/mol. The van der Waals surface area contributed by atoms with E-state index in [-0.39, 0.29) is 30.5 Å². The first-order chi connectivity index (χ1) is 12.5. The van der Waals surface area contributed by atoms with Crippen LogP contribution in [0.25, 0.3) is 0 Å². The predicted octanol–water partition coefficient (Wildman–Crippen LogP) is 4.30. The van der Waals surface area contributed by atoms with E-state index in [1.165, 1.54) is 0 Å². The Morgan fingerprint density at radius 1 is 1.22 bits per heavy atom. The summed E-state index contributed by atoms with van der Waals surface area (Å²) < 4.78 is 43.3. The van der Waals surface area contributed by atoms with Crippen molar-refractivity contribution in [2.45, 2.75) is 26.1 Å². The molecule has 0 amide bonds. The fourth-order valence-corrected chi connectivity index (χ4v) is 2.71. The second kappa shape index (κ2) is 12.0. The molecule has 1 heterocycles. The van der Waals surface area contributed by atoms with Gasteiger partial charge in [0.2, 0.25) is 0 Å². The highest BCUT2D eigenvalue weighted by atomic mass is 127. The highest BCUT2D eigenvalue weighted by Gasteiger charge is 2.33. The molecule has 1 aromatic carbocycles. The minimum absolute atomic E-state index is 0. The van der Waals surface area contributed by atoms with E-state index in [1.807, 2.05) is 37.3 Å². The van der Waals surface area contributed by atoms with E-state index in [4.69, 9.17) is 4.74 Å². The summed E-state index contributed by atoms with van der Waals surface area (Å²) in [5.74, 6) is 1.35. The summed E-state index contributed by atoms with van der Waals surface area (Å²) in [6, 6.07) is 9.52. The van der Waals surface area contributed by atoms with Gasteiger partial charge in [0, 0.05) is 18.5 Å². The minimum atomic E-state index is -4.42. The number of aromatic nitrogens is 1. The number of guanidine groups is 1. The second-order valence-electron chi connectivity index (χ2n) is 5.26. The van der Waals surface area contributed by atoms with Gasteiger partial charge in [-0.1, -0.05) is 18.2 Å². The molecule has 0 aliphatic heterocycles. The number of aliphatic imine (C=N–C) groups is 1. The Kier molecular flexibility index (Phi) is 10.4. The molecule has 0 saturated heterocycles. The van der Waals surface area contributed by atoms with E-state index in [9.17, 15) is 13.2 Å². The molecule has 0 aliphatic rings. The maximum absolute atomic E-state index is 12.6. The summed E-state index contributed by atoms with van der Waals surface area (Å²) in [5, 5.41) is 7.51. The molecule has 0 radical (unpaired) electrons. The van der Waals surface area contributed by atoms with Crippen molar-refractivity contribution in [3.8, 4) is 5.75 Å². The molecule has 0 bridgehead atoms. The number of hydrogen-bond donors (Lipinski definition) is 2. The van der Waals surface area contributed by atoms with E-state index in [0.29, 0.717) is 30.7 Å². The summed E-state index contributed by atoms with van der Waals surface area (Å²) in [5.41, 5.74) is -0.872. The van der Waals surface area contributed by atoms with Gasteiger partial charge in [-0.3, -0.25) is 0 Å². The smallest absolute Gasteiger partial charge is 0.434 e. The Balaban J connectivity index is 0.00000364. The van der Waals surface area contributed by atoms with Crippen LogP contribution in [0.5, 0.6) is 5.75 Å². The number of nitrogens with zero attached hydrogens (tertiary/aromatic N) is 2. The molecule has 2 aromatic rings. The summed E-state index contributed by atoms with van der Waals surface area (Å²) in [6.07, 6.45) is -3.66. The summed E-state index contributed by atoms with van der Waals surface area (Å²) in [4.78, 5) is 7.84. The zero-order valence-corrected chi connectivity index (χ0v) is 17.9. The van der Waals surface area contributed by atoms with Crippen LogP contribution in [0.15, 0.2) is 40.7 Å². The lowest BCUT2D eigenvalue weighted by atomic mass is 10.3. The van der Waals surface area contributed by atoms with Gasteiger partial charge < -0.3 is 15.4 Å². The summed E-state index contributed by atoms with van der Waals surface area (Å²) in [7, 11) is 0. The van der Waals surface area contributed by atoms with Crippen LogP contribution in [0.2, 0.25) is 0 Å². The van der Waals surface area contributed by atoms with Gasteiger partial charge in [-0.25, -0.2) is 9.98 Å². The van der Waals surface area contributed by atoms with Crippen LogP contribution in [-0.2, 0) is 12.7 Å². The molecule has 0 saturated carbocycles. The van der Waals surface area contributed by atoms with E-state index >= 15 is 0 Å². The van der Waals surface area contributed by atoms with Gasteiger partial charge in [0.05, 0.1) is 13.2 Å². The number of ether oxygens (including phenoxy) is 1. The zero-order chi connectivity index (χ0) is 18.8. The van der Waals surface area contributed by atoms with Gasteiger partial charge in [-0.05, 0) is 25.5 Å². The van der Waals surface area contributed by atoms with Crippen LogP contribution in [0.4, 0.5) is 13.2 Å². The van der Waals surface area contributed by atoms with Crippen LogP contribution in [0, 0.1) is 0 Å². The topological polar surface area (TPSA) is 58.5 Å². The SMILES string of the molecule is CCNC(=NCc1nc(C(F)(F)F)cs1)NCCCOc1ccccc1.I. The largest absolute Gasteiger partial charge is 0.494 e. The van der Waals surface area contributed by atoms with Crippen molar-refractivity contribution in [3.63, 3.8) is 0 Å². The molecule has 0 aliphatic carbocycles. The number of hydrogen-bond acceptors (Lipinski definition) is 4. The Labute approximate surface area is 177 Å². The first-order valence-electron chi connectivity index (χ1n) is 8.20. The van der Waals surface area contributed by atoms with Crippen LogP contribution >= 0.6 is 35.3 Å². The van der Waals surface area contributed by atoms with E-state index in [1.54, 1.807) is 0 Å². The minimum Gasteiger partial charge on any atom is -0.494 e. The van der Waals surface area contributed by atoms with Gasteiger partial charge in [-0.2, -0.15) is 13.2 Å². The standard InChI is InChI=1S/C17H21F3N4OS.HI/c1-2-21-16(22-9-6-10-25-13-7-4-3-5-8-13)23-11-15-24-14(12-26-15)17(18,19)20;/h3-5,7-8,12H,2,6,9-11H2,1H3,(H2,21,22,23);1H. The molecule has 0 unspecified atom stereocenters. The Morgan fingerprint density at radius 2 is 1.96 bits per heavy atom. The first kappa shape index (κ1) is 23.5. The molecule has 2 rings (SSSR count). The van der Waals surface area contributed by atoms with Gasteiger partial charge >= 0.3 is 6.18 Å². The van der Waals surface area contributed by atoms with Gasteiger partial charge in [0.25, 0.3) is 0 Å². The predicted molar refractivity (Wildman–Crippen MR) is 112 cm³/mol. The fraction of sp³-hybridized carbons (Fsp3) is 0.412. The normalized spacial score (nSPS) is 11.6. The molecule has 2 N–H and O–H groups in total. The van der Waals surface area contributed by atoms with Crippen molar-refractivity contribution in [3.05, 3.63) is 46.4 Å². The van der Waals surface area contributed by atoms with Crippen molar-refractivity contribution in [2.75, 3.05) is 19.7 Å². The Morgan fingerprint density at radius 3 is 2.59 bits per heavy atom. The van der Waals surface area contributed by atoms with Crippen molar-refractivity contribution in [1.29, 1.82) is 0 Å². The maximum Gasteiger partial charge on any atom is 0.434 e. The molecule has 0 spiro atoms. The van der Waals surface area contributed by atoms with Gasteiger partial charge in [0.1, 0.15) is 10.8 Å². The zero-order valence-electron chi connectivity index (χ0n) is 14.8. The van der Waals surface area contributed by atoms with Crippen LogP contribution in [0.3, 0.4) is 0 Å². The Bertz CT molecular complexity index is 695. The van der Waals surface area contributed by atoms with Crippen LogP contribution in [-0.4, -0.2) is 30.6 Å². The van der Waals surface area contributed by atoms with Gasteiger partial charge in [-0.15, -0.1) is 35.3 Å². The lowest BCUT2D eigenvalue weighted by Gasteiger charge is -2.11. The Hall–Kier alpha value is -1.56. The average Bonchev–Trinajstić information content (AvgIpc) is 3.09. The van der Waals surface area contributed by atoms with Crippen molar-refractivity contribution in [1.82, 2.24) is 15.6 Å². The fourth-order valence-electron chi connectivity index (χ4n) is 1.99. The van der Waals surface area contributed by atoms with Crippen molar-refractivity contribution >= 4 is 41.3 Å². The van der Waals surface area contributed by atoms with Crippen LogP contribution < -0.4 is 15.4 Å². The average molecular weight is 514 g/mol. The number of rotatable bonds is 8. The van der Waals surface area contributed by atoms with Crippen LogP contribution in [0.1, 0.15) is 24.0 Å². The molecular formula is C17H22F3IN4OS. The first-order valence-corrected chi connectivity index (χ1v) is 9.08. The lowest BCUT2D eigenvalue weighted by molar-refractivity contribution is -0.140. The lowest BCUT2D eigenvalue weighted by Crippen LogP contribution is -2.38. The van der Waals surface area contributed by atoms with E-state index < -0.39 is 11.9 Å². The second-order valence-corrected chi connectivity index (χ2v) is 6.20. The molecule has 150 valence electrons. The summed E-state index contributed by atoms with van der Waals surface area (Å²) >= 11 is 0.952. The third-order valence-electron chi connectivity index (χ3n) is 3.18.